The molecule has 0 aliphatic heterocycles. The summed E-state index contributed by atoms with van der Waals surface area (Å²) in [5.41, 5.74) is 3.83. The van der Waals surface area contributed by atoms with Crippen LogP contribution in [0.4, 0.5) is 5.69 Å². The van der Waals surface area contributed by atoms with Crippen molar-refractivity contribution >= 4 is 28.8 Å². The third-order valence-corrected chi connectivity index (χ3v) is 3.82. The summed E-state index contributed by atoms with van der Waals surface area (Å²) in [5, 5.41) is 3.30. The first-order chi connectivity index (χ1) is 10.1. The number of fused-ring (bicyclic) bond motifs is 1. The number of aromatic nitrogens is 2. The van der Waals surface area contributed by atoms with Gasteiger partial charge in [-0.15, -0.1) is 0 Å². The smallest absolute Gasteiger partial charge is 0.257 e. The molecule has 1 aromatic carbocycles. The van der Waals surface area contributed by atoms with Gasteiger partial charge in [-0.1, -0.05) is 23.7 Å². The fraction of sp³-hybridized carbons (Fsp3) is 0.125. The molecule has 0 spiro atoms. The Morgan fingerprint density at radius 1 is 1.19 bits per heavy atom. The number of imidazole rings is 1. The van der Waals surface area contributed by atoms with Crippen LogP contribution in [-0.2, 0) is 0 Å². The maximum Gasteiger partial charge on any atom is 0.257 e. The predicted octanol–water partition coefficient (Wildman–Crippen LogP) is 3.86. The van der Waals surface area contributed by atoms with E-state index in [2.05, 4.69) is 10.3 Å². The van der Waals surface area contributed by atoms with E-state index in [1.165, 1.54) is 0 Å². The van der Waals surface area contributed by atoms with Gasteiger partial charge in [-0.3, -0.25) is 4.79 Å². The molecule has 21 heavy (non-hydrogen) atoms. The van der Waals surface area contributed by atoms with E-state index >= 15 is 0 Å². The number of hydrogen-bond acceptors (Lipinski definition) is 2. The number of nitrogens with one attached hydrogen (secondary N) is 1. The van der Waals surface area contributed by atoms with Crippen molar-refractivity contribution < 1.29 is 4.79 Å². The van der Waals surface area contributed by atoms with Gasteiger partial charge < -0.3 is 9.72 Å². The average Bonchev–Trinajstić information content (AvgIpc) is 2.76. The lowest BCUT2D eigenvalue weighted by Crippen LogP contribution is -2.13. The molecule has 0 aliphatic rings. The molecule has 2 aromatic heterocycles. The lowest BCUT2D eigenvalue weighted by atomic mass is 10.2. The number of carbonyl (C=O) groups excluding carboxylic acids is 1. The van der Waals surface area contributed by atoms with Gasteiger partial charge in [0.2, 0.25) is 0 Å². The Balaban J connectivity index is 2.01. The summed E-state index contributed by atoms with van der Waals surface area (Å²) in [7, 11) is 0. The summed E-state index contributed by atoms with van der Waals surface area (Å²) in [6.45, 7) is 3.94. The summed E-state index contributed by atoms with van der Waals surface area (Å²) in [6, 6.07) is 10.7. The Morgan fingerprint density at radius 2 is 1.95 bits per heavy atom. The van der Waals surface area contributed by atoms with Crippen molar-refractivity contribution in [2.24, 2.45) is 0 Å². The van der Waals surface area contributed by atoms with E-state index in [-0.39, 0.29) is 5.91 Å². The maximum absolute atomic E-state index is 12.3. The number of carbonyl (C=O) groups is 1. The predicted molar refractivity (Wildman–Crippen MR) is 84.1 cm³/mol. The zero-order chi connectivity index (χ0) is 15.0. The van der Waals surface area contributed by atoms with Gasteiger partial charge in [-0.2, -0.15) is 0 Å². The highest BCUT2D eigenvalue weighted by Crippen LogP contribution is 2.21. The molecule has 0 unspecified atom stereocenters. The third kappa shape index (κ3) is 2.38. The average molecular weight is 300 g/mol. The Hall–Kier alpha value is -2.33. The van der Waals surface area contributed by atoms with Crippen LogP contribution in [0.25, 0.3) is 5.65 Å². The van der Waals surface area contributed by atoms with Gasteiger partial charge in [0.05, 0.1) is 22.0 Å². The molecule has 0 bridgehead atoms. The second kappa shape index (κ2) is 5.22. The van der Waals surface area contributed by atoms with E-state index in [1.54, 1.807) is 24.3 Å². The fourth-order valence-electron chi connectivity index (χ4n) is 2.23. The number of aryl methyl sites for hydroxylation is 2. The summed E-state index contributed by atoms with van der Waals surface area (Å²) < 4.78 is 1.96. The van der Waals surface area contributed by atoms with Crippen LogP contribution in [-0.4, -0.2) is 15.3 Å². The molecule has 1 N–H and O–H groups in total. The van der Waals surface area contributed by atoms with Crippen molar-refractivity contribution in [1.82, 2.24) is 9.38 Å². The van der Waals surface area contributed by atoms with Gasteiger partial charge in [0.15, 0.2) is 5.65 Å². The number of halogens is 1. The fourth-order valence-corrected chi connectivity index (χ4v) is 2.45. The number of nitrogens with zero attached hydrogens (tertiary/aromatic N) is 2. The maximum atomic E-state index is 12.3. The third-order valence-electron chi connectivity index (χ3n) is 3.49. The Morgan fingerprint density at radius 3 is 2.71 bits per heavy atom. The lowest BCUT2D eigenvalue weighted by Gasteiger charge is -2.08. The van der Waals surface area contributed by atoms with Crippen LogP contribution in [0.1, 0.15) is 21.7 Å². The van der Waals surface area contributed by atoms with Crippen LogP contribution in [0, 0.1) is 13.8 Å². The molecule has 0 aliphatic carbocycles. The van der Waals surface area contributed by atoms with Crippen LogP contribution in [0.3, 0.4) is 0 Å². The summed E-state index contributed by atoms with van der Waals surface area (Å²) in [6.07, 6.45) is 1.93. The zero-order valence-corrected chi connectivity index (χ0v) is 12.5. The van der Waals surface area contributed by atoms with Crippen LogP contribution in [0.15, 0.2) is 42.6 Å². The zero-order valence-electron chi connectivity index (χ0n) is 11.7. The van der Waals surface area contributed by atoms with Crippen LogP contribution in [0.2, 0.25) is 5.02 Å². The number of amides is 1. The first kappa shape index (κ1) is 13.6. The molecule has 5 heteroatoms. The molecular weight excluding hydrogens is 286 g/mol. The van der Waals surface area contributed by atoms with Gasteiger partial charge in [-0.25, -0.2) is 4.98 Å². The van der Waals surface area contributed by atoms with E-state index < -0.39 is 0 Å². The van der Waals surface area contributed by atoms with Crippen molar-refractivity contribution in [2.75, 3.05) is 5.32 Å². The van der Waals surface area contributed by atoms with Crippen molar-refractivity contribution in [1.29, 1.82) is 0 Å². The minimum atomic E-state index is -0.244. The van der Waals surface area contributed by atoms with Crippen LogP contribution < -0.4 is 5.32 Å². The van der Waals surface area contributed by atoms with Gasteiger partial charge in [0.25, 0.3) is 5.91 Å². The number of anilines is 1. The van der Waals surface area contributed by atoms with E-state index in [9.17, 15) is 4.79 Å². The van der Waals surface area contributed by atoms with E-state index in [1.807, 2.05) is 36.6 Å². The molecule has 3 rings (SSSR count). The molecule has 0 saturated carbocycles. The largest absolute Gasteiger partial charge is 0.319 e. The molecule has 4 nitrogen and oxygen atoms in total. The first-order valence-electron chi connectivity index (χ1n) is 6.58. The van der Waals surface area contributed by atoms with Gasteiger partial charge >= 0.3 is 0 Å². The first-order valence-corrected chi connectivity index (χ1v) is 6.96. The molecule has 0 atom stereocenters. The second-order valence-electron chi connectivity index (χ2n) is 4.83. The standard InChI is InChI=1S/C16H14ClN3O/c1-10-11(2)20-9-5-8-14(15(20)18-10)19-16(21)12-6-3-4-7-13(12)17/h3-9H,1-2H3,(H,19,21). The van der Waals surface area contributed by atoms with Gasteiger partial charge in [0.1, 0.15) is 0 Å². The number of benzene rings is 1. The second-order valence-corrected chi connectivity index (χ2v) is 5.24. The van der Waals surface area contributed by atoms with Crippen molar-refractivity contribution in [3.05, 3.63) is 64.6 Å². The van der Waals surface area contributed by atoms with E-state index in [4.69, 9.17) is 11.6 Å². The lowest BCUT2D eigenvalue weighted by molar-refractivity contribution is 0.102. The monoisotopic (exact) mass is 299 g/mol. The number of pyridine rings is 1. The molecule has 0 fully saturated rings. The number of hydrogen-bond donors (Lipinski definition) is 1. The Labute approximate surface area is 127 Å². The topological polar surface area (TPSA) is 46.4 Å². The highest BCUT2D eigenvalue weighted by molar-refractivity contribution is 6.34. The minimum Gasteiger partial charge on any atom is -0.319 e. The SMILES string of the molecule is Cc1nc2c(NC(=O)c3ccccc3Cl)cccn2c1C. The Bertz CT molecular complexity index is 839. The quantitative estimate of drug-likeness (QED) is 0.781. The highest BCUT2D eigenvalue weighted by atomic mass is 35.5. The highest BCUT2D eigenvalue weighted by Gasteiger charge is 2.13. The molecule has 0 radical (unpaired) electrons. The molecule has 106 valence electrons. The summed E-state index contributed by atoms with van der Waals surface area (Å²) >= 11 is 6.05. The van der Waals surface area contributed by atoms with Crippen molar-refractivity contribution in [2.45, 2.75) is 13.8 Å². The van der Waals surface area contributed by atoms with Crippen LogP contribution in [0.5, 0.6) is 0 Å². The van der Waals surface area contributed by atoms with Gasteiger partial charge in [0, 0.05) is 11.9 Å². The molecule has 3 aromatic rings. The molecular formula is C16H14ClN3O. The molecule has 0 saturated heterocycles. The van der Waals surface area contributed by atoms with Gasteiger partial charge in [-0.05, 0) is 38.1 Å². The van der Waals surface area contributed by atoms with Crippen LogP contribution >= 0.6 is 11.6 Å². The minimum absolute atomic E-state index is 0.244. The van der Waals surface area contributed by atoms with Crippen molar-refractivity contribution in [3.8, 4) is 0 Å². The Kier molecular flexibility index (Phi) is 3.39. The normalized spacial score (nSPS) is 10.8. The number of rotatable bonds is 2. The molecule has 2 heterocycles. The van der Waals surface area contributed by atoms with E-state index in [0.717, 1.165) is 17.0 Å². The summed E-state index contributed by atoms with van der Waals surface area (Å²) in [4.78, 5) is 16.8. The summed E-state index contributed by atoms with van der Waals surface area (Å²) in [5.74, 6) is -0.244. The van der Waals surface area contributed by atoms with Crippen molar-refractivity contribution in [3.63, 3.8) is 0 Å². The molecule has 1 amide bonds. The van der Waals surface area contributed by atoms with E-state index in [0.29, 0.717) is 16.3 Å².